The Morgan fingerprint density at radius 1 is 0.720 bits per heavy atom. The number of benzene rings is 2. The van der Waals surface area contributed by atoms with Gasteiger partial charge < -0.3 is 30.3 Å². The monoisotopic (exact) mass is 350 g/mol. The summed E-state index contributed by atoms with van der Waals surface area (Å²) in [6.45, 7) is 1.19. The van der Waals surface area contributed by atoms with Crippen LogP contribution in [-0.2, 0) is 4.79 Å². The highest BCUT2D eigenvalue weighted by atomic mass is 16.5. The molecule has 132 valence electrons. The molecule has 0 aliphatic heterocycles. The van der Waals surface area contributed by atoms with Crippen molar-refractivity contribution < 1.29 is 44.7 Å². The maximum atomic E-state index is 10.6. The van der Waals surface area contributed by atoms with Gasteiger partial charge in [-0.3, -0.25) is 4.79 Å². The number of rotatable bonds is 3. The number of carbonyl (C=O) groups is 3. The summed E-state index contributed by atoms with van der Waals surface area (Å²) < 4.78 is 4.62. The fraction of sp³-hybridized carbons (Fsp3) is 0.0625. The van der Waals surface area contributed by atoms with Crippen molar-refractivity contribution >= 4 is 17.9 Å². The van der Waals surface area contributed by atoms with Crippen molar-refractivity contribution in [2.24, 2.45) is 0 Å². The first-order chi connectivity index (χ1) is 11.6. The Labute approximate surface area is 141 Å². The summed E-state index contributed by atoms with van der Waals surface area (Å²) in [7, 11) is 0. The van der Waals surface area contributed by atoms with E-state index in [2.05, 4.69) is 4.74 Å². The van der Waals surface area contributed by atoms with Gasteiger partial charge in [0.05, 0.1) is 11.1 Å². The molecule has 0 aliphatic rings. The maximum absolute atomic E-state index is 10.6. The quantitative estimate of drug-likeness (QED) is 0.410. The number of esters is 1. The molecule has 2 rings (SSSR count). The van der Waals surface area contributed by atoms with Crippen LogP contribution in [0.2, 0.25) is 0 Å². The van der Waals surface area contributed by atoms with Crippen LogP contribution in [0.25, 0.3) is 0 Å². The Kier molecular flexibility index (Phi) is 6.33. The SMILES string of the molecule is CC(=O)Oc1cc(O)cc(C(=O)O)c1.O=C(O)c1cc(O)cc(O)c1. The molecular weight excluding hydrogens is 336 g/mol. The normalized spacial score (nSPS) is 9.48. The van der Waals surface area contributed by atoms with Crippen LogP contribution in [-0.4, -0.2) is 43.4 Å². The van der Waals surface area contributed by atoms with Crippen molar-refractivity contribution in [3.05, 3.63) is 47.5 Å². The van der Waals surface area contributed by atoms with E-state index in [1.807, 2.05) is 0 Å². The van der Waals surface area contributed by atoms with Crippen molar-refractivity contribution in [2.45, 2.75) is 6.92 Å². The third kappa shape index (κ3) is 6.48. The minimum Gasteiger partial charge on any atom is -0.508 e. The van der Waals surface area contributed by atoms with Crippen LogP contribution in [0.3, 0.4) is 0 Å². The molecule has 2 aromatic carbocycles. The fourth-order valence-electron chi connectivity index (χ4n) is 1.65. The van der Waals surface area contributed by atoms with Gasteiger partial charge >= 0.3 is 17.9 Å². The molecule has 0 fully saturated rings. The van der Waals surface area contributed by atoms with Gasteiger partial charge in [0.2, 0.25) is 0 Å². The minimum absolute atomic E-state index is 0.00917. The number of phenols is 3. The summed E-state index contributed by atoms with van der Waals surface area (Å²) in [4.78, 5) is 31.4. The number of hydrogen-bond donors (Lipinski definition) is 5. The summed E-state index contributed by atoms with van der Waals surface area (Å²) in [5, 5.41) is 43.8. The molecule has 0 saturated carbocycles. The van der Waals surface area contributed by atoms with Gasteiger partial charge in [0.1, 0.15) is 23.0 Å². The second kappa shape index (κ2) is 8.20. The Balaban J connectivity index is 0.000000257. The van der Waals surface area contributed by atoms with E-state index < -0.39 is 17.9 Å². The zero-order valence-electron chi connectivity index (χ0n) is 12.8. The van der Waals surface area contributed by atoms with E-state index in [0.29, 0.717) is 0 Å². The van der Waals surface area contributed by atoms with E-state index in [-0.39, 0.29) is 34.1 Å². The fourth-order valence-corrected chi connectivity index (χ4v) is 1.65. The second-order valence-electron chi connectivity index (χ2n) is 4.66. The zero-order chi connectivity index (χ0) is 19.1. The van der Waals surface area contributed by atoms with Crippen molar-refractivity contribution in [3.8, 4) is 23.0 Å². The zero-order valence-corrected chi connectivity index (χ0v) is 12.8. The minimum atomic E-state index is -1.20. The average molecular weight is 350 g/mol. The topological polar surface area (TPSA) is 162 Å². The van der Waals surface area contributed by atoms with E-state index >= 15 is 0 Å². The van der Waals surface area contributed by atoms with Gasteiger partial charge in [-0.1, -0.05) is 0 Å². The molecule has 0 radical (unpaired) electrons. The number of carboxylic acids is 2. The Morgan fingerprint density at radius 2 is 1.12 bits per heavy atom. The molecule has 0 unspecified atom stereocenters. The second-order valence-corrected chi connectivity index (χ2v) is 4.66. The van der Waals surface area contributed by atoms with Crippen molar-refractivity contribution in [1.29, 1.82) is 0 Å². The predicted octanol–water partition coefficient (Wildman–Crippen LogP) is 1.81. The van der Waals surface area contributed by atoms with Gasteiger partial charge in [-0.15, -0.1) is 0 Å². The number of ether oxygens (including phenoxy) is 1. The third-order valence-corrected chi connectivity index (χ3v) is 2.55. The molecule has 0 saturated heterocycles. The van der Waals surface area contributed by atoms with Crippen molar-refractivity contribution in [2.75, 3.05) is 0 Å². The molecule has 9 heteroatoms. The first-order valence-electron chi connectivity index (χ1n) is 6.60. The van der Waals surface area contributed by atoms with Crippen molar-refractivity contribution in [3.63, 3.8) is 0 Å². The lowest BCUT2D eigenvalue weighted by Gasteiger charge is -2.03. The lowest BCUT2D eigenvalue weighted by Crippen LogP contribution is -2.03. The highest BCUT2D eigenvalue weighted by molar-refractivity contribution is 5.89. The molecule has 9 nitrogen and oxygen atoms in total. The van der Waals surface area contributed by atoms with E-state index in [1.165, 1.54) is 6.92 Å². The molecule has 0 aromatic heterocycles. The standard InChI is InChI=1S/C9H8O5.C7H6O4/c1-5(10)14-8-3-6(9(12)13)2-7(11)4-8;8-5-1-4(7(10)11)2-6(9)3-5/h2-4,11H,1H3,(H,12,13);1-3,8-9H,(H,10,11). The molecule has 2 aromatic rings. The summed E-state index contributed by atoms with van der Waals surface area (Å²) in [6.07, 6.45) is 0. The number of phenolic OH excluding ortho intramolecular Hbond substituents is 3. The molecule has 0 aliphatic carbocycles. The van der Waals surface area contributed by atoms with Gasteiger partial charge in [-0.25, -0.2) is 9.59 Å². The van der Waals surface area contributed by atoms with Gasteiger partial charge in [0, 0.05) is 19.1 Å². The third-order valence-electron chi connectivity index (χ3n) is 2.55. The van der Waals surface area contributed by atoms with E-state index in [4.69, 9.17) is 25.5 Å². The van der Waals surface area contributed by atoms with E-state index in [1.54, 1.807) is 0 Å². The highest BCUT2D eigenvalue weighted by Crippen LogP contribution is 2.22. The Hall–Kier alpha value is -3.75. The smallest absolute Gasteiger partial charge is 0.335 e. The molecule has 5 N–H and O–H groups in total. The average Bonchev–Trinajstić information content (AvgIpc) is 2.45. The van der Waals surface area contributed by atoms with Crippen LogP contribution in [0, 0.1) is 0 Å². The largest absolute Gasteiger partial charge is 0.508 e. The highest BCUT2D eigenvalue weighted by Gasteiger charge is 2.08. The number of aromatic hydroxyl groups is 3. The van der Waals surface area contributed by atoms with E-state index in [0.717, 1.165) is 36.4 Å². The van der Waals surface area contributed by atoms with Crippen LogP contribution in [0.5, 0.6) is 23.0 Å². The number of hydrogen-bond acceptors (Lipinski definition) is 7. The first kappa shape index (κ1) is 19.3. The lowest BCUT2D eigenvalue weighted by molar-refractivity contribution is -0.131. The molecular formula is C16H14O9. The summed E-state index contributed by atoms with van der Waals surface area (Å²) in [5.74, 6) is -3.74. The van der Waals surface area contributed by atoms with Crippen molar-refractivity contribution in [1.82, 2.24) is 0 Å². The first-order valence-corrected chi connectivity index (χ1v) is 6.60. The van der Waals surface area contributed by atoms with Crippen LogP contribution < -0.4 is 4.74 Å². The lowest BCUT2D eigenvalue weighted by atomic mass is 10.2. The van der Waals surface area contributed by atoms with Crippen LogP contribution in [0.4, 0.5) is 0 Å². The molecule has 0 bridgehead atoms. The van der Waals surface area contributed by atoms with E-state index in [9.17, 15) is 14.4 Å². The van der Waals surface area contributed by atoms with Gasteiger partial charge in [0.25, 0.3) is 0 Å². The predicted molar refractivity (Wildman–Crippen MR) is 83.1 cm³/mol. The summed E-state index contributed by atoms with van der Waals surface area (Å²) >= 11 is 0. The van der Waals surface area contributed by atoms with Gasteiger partial charge in [-0.2, -0.15) is 0 Å². The van der Waals surface area contributed by atoms with Crippen LogP contribution in [0.1, 0.15) is 27.6 Å². The molecule has 0 heterocycles. The molecule has 0 atom stereocenters. The Morgan fingerprint density at radius 3 is 1.52 bits per heavy atom. The Bertz CT molecular complexity index is 791. The summed E-state index contributed by atoms with van der Waals surface area (Å²) in [5.41, 5.74) is -0.274. The maximum Gasteiger partial charge on any atom is 0.335 e. The summed E-state index contributed by atoms with van der Waals surface area (Å²) in [6, 6.07) is 6.56. The van der Waals surface area contributed by atoms with Gasteiger partial charge in [-0.05, 0) is 24.3 Å². The van der Waals surface area contributed by atoms with Crippen LogP contribution >= 0.6 is 0 Å². The number of carbonyl (C=O) groups excluding carboxylic acids is 1. The molecule has 25 heavy (non-hydrogen) atoms. The number of aromatic carboxylic acids is 2. The number of carboxylic acid groups (broad SMARTS) is 2. The molecule has 0 amide bonds. The van der Waals surface area contributed by atoms with Crippen LogP contribution in [0.15, 0.2) is 36.4 Å². The molecule has 0 spiro atoms. The van der Waals surface area contributed by atoms with Gasteiger partial charge in [0.15, 0.2) is 0 Å².